The molecule has 2 aromatic carbocycles. The van der Waals surface area contributed by atoms with E-state index in [1.807, 2.05) is 36.4 Å². The van der Waals surface area contributed by atoms with Gasteiger partial charge in [0.15, 0.2) is 0 Å². The first-order valence-electron chi connectivity index (χ1n) is 9.02. The molecule has 0 unspecified atom stereocenters. The lowest BCUT2D eigenvalue weighted by molar-refractivity contribution is 0.0954. The quantitative estimate of drug-likeness (QED) is 0.603. The topological polar surface area (TPSA) is 46.9 Å². The summed E-state index contributed by atoms with van der Waals surface area (Å²) in [7, 11) is 0. The van der Waals surface area contributed by atoms with E-state index in [4.69, 9.17) is 4.98 Å². The lowest BCUT2D eigenvalue weighted by atomic mass is 10.1. The fraction of sp³-hybridized carbons (Fsp3) is 0.333. The Morgan fingerprint density at radius 3 is 2.77 bits per heavy atom. The molecular formula is C21H24BrN3O. The SMILES string of the molecule is CC(C)CCn1c(CCNC(=O)c2cccc(Br)c2)nc2ccccc21. The second kappa shape index (κ2) is 8.49. The van der Waals surface area contributed by atoms with Crippen molar-refractivity contribution in [2.75, 3.05) is 6.54 Å². The third-order valence-electron chi connectivity index (χ3n) is 4.38. The van der Waals surface area contributed by atoms with Gasteiger partial charge in [-0.05, 0) is 42.7 Å². The van der Waals surface area contributed by atoms with Crippen LogP contribution in [0.5, 0.6) is 0 Å². The van der Waals surface area contributed by atoms with Gasteiger partial charge < -0.3 is 9.88 Å². The molecule has 3 rings (SSSR count). The Morgan fingerprint density at radius 2 is 2.00 bits per heavy atom. The molecule has 26 heavy (non-hydrogen) atoms. The van der Waals surface area contributed by atoms with E-state index in [-0.39, 0.29) is 5.91 Å². The lowest BCUT2D eigenvalue weighted by Crippen LogP contribution is -2.26. The highest BCUT2D eigenvalue weighted by atomic mass is 79.9. The highest BCUT2D eigenvalue weighted by molar-refractivity contribution is 9.10. The number of carbonyl (C=O) groups excluding carboxylic acids is 1. The number of hydrogen-bond acceptors (Lipinski definition) is 2. The molecule has 4 nitrogen and oxygen atoms in total. The summed E-state index contributed by atoms with van der Waals surface area (Å²) in [5.74, 6) is 1.61. The molecule has 0 saturated carbocycles. The zero-order chi connectivity index (χ0) is 18.5. The van der Waals surface area contributed by atoms with Crippen molar-refractivity contribution in [2.45, 2.75) is 33.2 Å². The lowest BCUT2D eigenvalue weighted by Gasteiger charge is -2.11. The maximum Gasteiger partial charge on any atom is 0.251 e. The van der Waals surface area contributed by atoms with Gasteiger partial charge >= 0.3 is 0 Å². The predicted molar refractivity (Wildman–Crippen MR) is 109 cm³/mol. The van der Waals surface area contributed by atoms with E-state index in [2.05, 4.69) is 51.8 Å². The van der Waals surface area contributed by atoms with Crippen molar-refractivity contribution in [3.05, 3.63) is 64.4 Å². The summed E-state index contributed by atoms with van der Waals surface area (Å²) in [6.45, 7) is 5.98. The maximum absolute atomic E-state index is 12.3. The number of nitrogens with one attached hydrogen (secondary N) is 1. The number of aromatic nitrogens is 2. The van der Waals surface area contributed by atoms with E-state index < -0.39 is 0 Å². The average Bonchev–Trinajstić information content (AvgIpc) is 2.97. The van der Waals surface area contributed by atoms with Crippen LogP contribution in [0.25, 0.3) is 11.0 Å². The zero-order valence-corrected chi connectivity index (χ0v) is 16.8. The molecule has 0 atom stereocenters. The summed E-state index contributed by atoms with van der Waals surface area (Å²) < 4.78 is 3.20. The van der Waals surface area contributed by atoms with Gasteiger partial charge in [-0.2, -0.15) is 0 Å². The van der Waals surface area contributed by atoms with Crippen LogP contribution in [0.1, 0.15) is 36.5 Å². The van der Waals surface area contributed by atoms with Crippen LogP contribution in [0.15, 0.2) is 53.0 Å². The average molecular weight is 414 g/mol. The van der Waals surface area contributed by atoms with Gasteiger partial charge in [-0.3, -0.25) is 4.79 Å². The molecule has 1 heterocycles. The smallest absolute Gasteiger partial charge is 0.251 e. The van der Waals surface area contributed by atoms with Crippen LogP contribution in [0.4, 0.5) is 0 Å². The Balaban J connectivity index is 1.70. The number of aryl methyl sites for hydroxylation is 1. The highest BCUT2D eigenvalue weighted by Gasteiger charge is 2.12. The number of carbonyl (C=O) groups is 1. The highest BCUT2D eigenvalue weighted by Crippen LogP contribution is 2.18. The summed E-state index contributed by atoms with van der Waals surface area (Å²) in [5.41, 5.74) is 2.85. The van der Waals surface area contributed by atoms with Crippen LogP contribution in [0.3, 0.4) is 0 Å². The van der Waals surface area contributed by atoms with Gasteiger partial charge in [-0.15, -0.1) is 0 Å². The zero-order valence-electron chi connectivity index (χ0n) is 15.2. The minimum Gasteiger partial charge on any atom is -0.352 e. The number of benzene rings is 2. The molecule has 1 amide bonds. The Kier molecular flexibility index (Phi) is 6.09. The largest absolute Gasteiger partial charge is 0.352 e. The molecule has 5 heteroatoms. The molecule has 1 N–H and O–H groups in total. The van der Waals surface area contributed by atoms with Crippen molar-refractivity contribution >= 4 is 32.9 Å². The van der Waals surface area contributed by atoms with Crippen LogP contribution in [0.2, 0.25) is 0 Å². The van der Waals surface area contributed by atoms with Crippen molar-refractivity contribution < 1.29 is 4.79 Å². The van der Waals surface area contributed by atoms with Gasteiger partial charge in [0.2, 0.25) is 0 Å². The van der Waals surface area contributed by atoms with Crippen molar-refractivity contribution in [1.29, 1.82) is 0 Å². The van der Waals surface area contributed by atoms with Crippen LogP contribution >= 0.6 is 15.9 Å². The van der Waals surface area contributed by atoms with Gasteiger partial charge in [0, 0.05) is 29.5 Å². The number of nitrogens with zero attached hydrogens (tertiary/aromatic N) is 2. The maximum atomic E-state index is 12.3. The number of hydrogen-bond donors (Lipinski definition) is 1. The van der Waals surface area contributed by atoms with Crippen molar-refractivity contribution in [2.24, 2.45) is 5.92 Å². The summed E-state index contributed by atoms with van der Waals surface area (Å²) in [4.78, 5) is 17.1. The van der Waals surface area contributed by atoms with E-state index in [9.17, 15) is 4.79 Å². The normalized spacial score (nSPS) is 11.2. The predicted octanol–water partition coefficient (Wildman–Crippen LogP) is 4.82. The van der Waals surface area contributed by atoms with Gasteiger partial charge in [0.25, 0.3) is 5.91 Å². The molecule has 1 aromatic heterocycles. The molecule has 0 aliphatic rings. The molecule has 3 aromatic rings. The number of imidazole rings is 1. The molecule has 0 bridgehead atoms. The van der Waals surface area contributed by atoms with E-state index in [0.717, 1.165) is 28.8 Å². The molecule has 0 spiro atoms. The van der Waals surface area contributed by atoms with Gasteiger partial charge in [-0.1, -0.05) is 48.0 Å². The summed E-state index contributed by atoms with van der Waals surface area (Å²) in [6.07, 6.45) is 1.82. The summed E-state index contributed by atoms with van der Waals surface area (Å²) in [5, 5.41) is 3.00. The van der Waals surface area contributed by atoms with E-state index in [1.54, 1.807) is 0 Å². The summed E-state index contributed by atoms with van der Waals surface area (Å²) in [6, 6.07) is 15.6. The van der Waals surface area contributed by atoms with Gasteiger partial charge in [-0.25, -0.2) is 4.98 Å². The Bertz CT molecular complexity index is 901. The standard InChI is InChI=1S/C21H24BrN3O/c1-15(2)11-13-25-19-9-4-3-8-18(19)24-20(25)10-12-23-21(26)16-6-5-7-17(22)14-16/h3-9,14-15H,10-13H2,1-2H3,(H,23,26). The second-order valence-corrected chi connectivity index (χ2v) is 7.78. The first kappa shape index (κ1) is 18.6. The molecule has 0 fully saturated rings. The van der Waals surface area contributed by atoms with Crippen molar-refractivity contribution in [1.82, 2.24) is 14.9 Å². The minimum atomic E-state index is -0.0591. The number of rotatable bonds is 7. The number of para-hydroxylation sites is 2. The third-order valence-corrected chi connectivity index (χ3v) is 4.88. The fourth-order valence-corrected chi connectivity index (χ4v) is 3.37. The number of fused-ring (bicyclic) bond motifs is 1. The Hall–Kier alpha value is -2.14. The third kappa shape index (κ3) is 4.52. The molecular weight excluding hydrogens is 390 g/mol. The van der Waals surface area contributed by atoms with Crippen LogP contribution < -0.4 is 5.32 Å². The minimum absolute atomic E-state index is 0.0591. The number of halogens is 1. The molecule has 0 aliphatic carbocycles. The first-order valence-corrected chi connectivity index (χ1v) is 9.82. The second-order valence-electron chi connectivity index (χ2n) is 6.87. The monoisotopic (exact) mass is 413 g/mol. The van der Waals surface area contributed by atoms with E-state index in [1.165, 1.54) is 5.52 Å². The van der Waals surface area contributed by atoms with E-state index in [0.29, 0.717) is 24.4 Å². The fourth-order valence-electron chi connectivity index (χ4n) is 2.97. The van der Waals surface area contributed by atoms with Gasteiger partial charge in [0.1, 0.15) is 5.82 Å². The molecule has 0 saturated heterocycles. The van der Waals surface area contributed by atoms with Crippen LogP contribution in [0, 0.1) is 5.92 Å². The van der Waals surface area contributed by atoms with Crippen LogP contribution in [-0.2, 0) is 13.0 Å². The van der Waals surface area contributed by atoms with Crippen LogP contribution in [-0.4, -0.2) is 22.0 Å². The number of amides is 1. The summed E-state index contributed by atoms with van der Waals surface area (Å²) >= 11 is 3.40. The Labute approximate surface area is 162 Å². The molecule has 136 valence electrons. The van der Waals surface area contributed by atoms with Crippen molar-refractivity contribution in [3.8, 4) is 0 Å². The molecule has 0 radical (unpaired) electrons. The Morgan fingerprint density at radius 1 is 1.19 bits per heavy atom. The van der Waals surface area contributed by atoms with Crippen molar-refractivity contribution in [3.63, 3.8) is 0 Å². The first-order chi connectivity index (χ1) is 12.5. The van der Waals surface area contributed by atoms with E-state index >= 15 is 0 Å². The van der Waals surface area contributed by atoms with Gasteiger partial charge in [0.05, 0.1) is 11.0 Å². The molecule has 0 aliphatic heterocycles.